The average Bonchev–Trinajstić information content (AvgIpc) is 2.93. The van der Waals surface area contributed by atoms with Crippen LogP contribution in [-0.4, -0.2) is 21.3 Å². The molecule has 1 N–H and O–H groups in total. The van der Waals surface area contributed by atoms with Crippen LogP contribution in [0.1, 0.15) is 5.56 Å². The van der Waals surface area contributed by atoms with Gasteiger partial charge in [0.05, 0.1) is 16.3 Å². The molecule has 0 bridgehead atoms. The molecule has 1 aromatic carbocycles. The van der Waals surface area contributed by atoms with Crippen LogP contribution in [0.3, 0.4) is 0 Å². The van der Waals surface area contributed by atoms with E-state index in [-0.39, 0.29) is 18.7 Å². The van der Waals surface area contributed by atoms with Gasteiger partial charge < -0.3 is 9.67 Å². The van der Waals surface area contributed by atoms with Crippen LogP contribution in [-0.2, 0) is 6.54 Å². The highest BCUT2D eigenvalue weighted by molar-refractivity contribution is 9.10. The second-order valence-electron chi connectivity index (χ2n) is 4.81. The first-order chi connectivity index (χ1) is 10.5. The molecule has 2 heterocycles. The van der Waals surface area contributed by atoms with E-state index in [0.717, 1.165) is 20.6 Å². The van der Waals surface area contributed by atoms with E-state index in [1.54, 1.807) is 6.20 Å². The molecular formula is C15H12BrClN2O2S. The monoisotopic (exact) mass is 398 g/mol. The molecule has 0 aliphatic heterocycles. The molecule has 22 heavy (non-hydrogen) atoms. The summed E-state index contributed by atoms with van der Waals surface area (Å²) < 4.78 is 3.06. The number of thiazole rings is 1. The smallest absolute Gasteiger partial charge is 0.278 e. The molecule has 0 saturated carbocycles. The van der Waals surface area contributed by atoms with E-state index in [1.165, 1.54) is 15.9 Å². The second-order valence-corrected chi connectivity index (χ2v) is 7.07. The SMILES string of the molecule is Cc1c(Br)cccc1-c1nc2c(=O)n(CCO)cc(Cl)c2s1. The molecule has 7 heteroatoms. The zero-order valence-electron chi connectivity index (χ0n) is 11.6. The van der Waals surface area contributed by atoms with Crippen LogP contribution in [0.2, 0.25) is 5.02 Å². The number of aliphatic hydroxyl groups is 1. The Hall–Kier alpha value is -1.21. The number of pyridine rings is 1. The van der Waals surface area contributed by atoms with Gasteiger partial charge in [-0.25, -0.2) is 4.98 Å². The highest BCUT2D eigenvalue weighted by Crippen LogP contribution is 2.36. The summed E-state index contributed by atoms with van der Waals surface area (Å²) in [5.41, 5.74) is 2.15. The van der Waals surface area contributed by atoms with Gasteiger partial charge in [-0.15, -0.1) is 11.3 Å². The topological polar surface area (TPSA) is 55.1 Å². The first kappa shape index (κ1) is 15.7. The van der Waals surface area contributed by atoms with Crippen molar-refractivity contribution < 1.29 is 5.11 Å². The molecule has 0 atom stereocenters. The van der Waals surface area contributed by atoms with Gasteiger partial charge in [0, 0.05) is 22.8 Å². The Labute approximate surface area is 144 Å². The molecular weight excluding hydrogens is 388 g/mol. The molecule has 2 aromatic heterocycles. The second kappa shape index (κ2) is 6.12. The van der Waals surface area contributed by atoms with E-state index in [2.05, 4.69) is 20.9 Å². The van der Waals surface area contributed by atoms with Crippen LogP contribution in [0.25, 0.3) is 20.8 Å². The number of fused-ring (bicyclic) bond motifs is 1. The number of hydrogen-bond acceptors (Lipinski definition) is 4. The molecule has 0 radical (unpaired) electrons. The zero-order chi connectivity index (χ0) is 15.9. The molecule has 0 saturated heterocycles. The van der Waals surface area contributed by atoms with Crippen LogP contribution in [0.5, 0.6) is 0 Å². The molecule has 0 aliphatic carbocycles. The summed E-state index contributed by atoms with van der Waals surface area (Å²) in [6, 6.07) is 5.87. The molecule has 114 valence electrons. The van der Waals surface area contributed by atoms with Gasteiger partial charge in [-0.05, 0) is 18.6 Å². The summed E-state index contributed by atoms with van der Waals surface area (Å²) in [6.07, 6.45) is 1.55. The zero-order valence-corrected chi connectivity index (χ0v) is 14.8. The Morgan fingerprint density at radius 3 is 2.95 bits per heavy atom. The number of hydrogen-bond donors (Lipinski definition) is 1. The molecule has 0 aliphatic rings. The molecule has 0 fully saturated rings. The van der Waals surface area contributed by atoms with Crippen molar-refractivity contribution >= 4 is 49.1 Å². The van der Waals surface area contributed by atoms with Crippen molar-refractivity contribution in [2.45, 2.75) is 13.5 Å². The first-order valence-electron chi connectivity index (χ1n) is 6.58. The van der Waals surface area contributed by atoms with Crippen molar-refractivity contribution in [3.05, 3.63) is 49.8 Å². The summed E-state index contributed by atoms with van der Waals surface area (Å²) in [5, 5.41) is 10.3. The summed E-state index contributed by atoms with van der Waals surface area (Å²) in [6.45, 7) is 2.08. The van der Waals surface area contributed by atoms with Gasteiger partial charge in [0.15, 0.2) is 0 Å². The number of aliphatic hydroxyl groups excluding tert-OH is 1. The van der Waals surface area contributed by atoms with E-state index in [1.807, 2.05) is 25.1 Å². The van der Waals surface area contributed by atoms with Crippen LogP contribution >= 0.6 is 38.9 Å². The predicted molar refractivity (Wildman–Crippen MR) is 93.8 cm³/mol. The molecule has 0 spiro atoms. The van der Waals surface area contributed by atoms with Crippen LogP contribution < -0.4 is 5.56 Å². The normalized spacial score (nSPS) is 11.3. The highest BCUT2D eigenvalue weighted by Gasteiger charge is 2.16. The van der Waals surface area contributed by atoms with Gasteiger partial charge in [-0.2, -0.15) is 0 Å². The predicted octanol–water partition coefficient (Wildman–Crippen LogP) is 3.84. The van der Waals surface area contributed by atoms with Crippen LogP contribution in [0.15, 0.2) is 33.7 Å². The third-order valence-electron chi connectivity index (χ3n) is 3.42. The molecule has 3 rings (SSSR count). The standard InChI is InChI=1S/C15H12BrClN2O2S/c1-8-9(3-2-4-10(8)16)14-18-12-13(22-14)11(17)7-19(5-6-20)15(12)21/h2-4,7,20H,5-6H2,1H3. The van der Waals surface area contributed by atoms with Gasteiger partial charge in [0.2, 0.25) is 0 Å². The van der Waals surface area contributed by atoms with Crippen molar-refractivity contribution in [2.24, 2.45) is 0 Å². The Morgan fingerprint density at radius 1 is 1.45 bits per heavy atom. The Balaban J connectivity index is 2.26. The number of halogens is 2. The van der Waals surface area contributed by atoms with Crippen molar-refractivity contribution in [1.29, 1.82) is 0 Å². The number of benzene rings is 1. The van der Waals surface area contributed by atoms with E-state index >= 15 is 0 Å². The van der Waals surface area contributed by atoms with E-state index < -0.39 is 0 Å². The highest BCUT2D eigenvalue weighted by atomic mass is 79.9. The Kier molecular flexibility index (Phi) is 4.36. The minimum absolute atomic E-state index is 0.122. The lowest BCUT2D eigenvalue weighted by molar-refractivity contribution is 0.274. The van der Waals surface area contributed by atoms with E-state index in [9.17, 15) is 4.79 Å². The fraction of sp³-hybridized carbons (Fsp3) is 0.200. The summed E-state index contributed by atoms with van der Waals surface area (Å²) in [7, 11) is 0. The fourth-order valence-corrected chi connectivity index (χ4v) is 3.98. The number of nitrogens with zero attached hydrogens (tertiary/aromatic N) is 2. The lowest BCUT2D eigenvalue weighted by atomic mass is 10.1. The maximum absolute atomic E-state index is 12.4. The maximum atomic E-state index is 12.4. The van der Waals surface area contributed by atoms with E-state index in [0.29, 0.717) is 15.2 Å². The van der Waals surface area contributed by atoms with Crippen molar-refractivity contribution in [2.75, 3.05) is 6.61 Å². The lowest BCUT2D eigenvalue weighted by Crippen LogP contribution is -2.21. The summed E-state index contributed by atoms with van der Waals surface area (Å²) in [4.78, 5) is 16.9. The van der Waals surface area contributed by atoms with Gasteiger partial charge in [-0.3, -0.25) is 4.79 Å². The average molecular weight is 400 g/mol. The molecule has 4 nitrogen and oxygen atoms in total. The van der Waals surface area contributed by atoms with Crippen LogP contribution in [0.4, 0.5) is 0 Å². The Bertz CT molecular complexity index is 920. The summed E-state index contributed by atoms with van der Waals surface area (Å²) in [5.74, 6) is 0. The quantitative estimate of drug-likeness (QED) is 0.728. The van der Waals surface area contributed by atoms with Gasteiger partial charge >= 0.3 is 0 Å². The fourth-order valence-electron chi connectivity index (χ4n) is 2.25. The minimum atomic E-state index is -0.233. The van der Waals surface area contributed by atoms with Gasteiger partial charge in [-0.1, -0.05) is 39.7 Å². The van der Waals surface area contributed by atoms with Crippen molar-refractivity contribution in [3.8, 4) is 10.6 Å². The lowest BCUT2D eigenvalue weighted by Gasteiger charge is -2.03. The van der Waals surface area contributed by atoms with Crippen molar-refractivity contribution in [1.82, 2.24) is 9.55 Å². The number of aromatic nitrogens is 2. The molecule has 3 aromatic rings. The van der Waals surface area contributed by atoms with Crippen molar-refractivity contribution in [3.63, 3.8) is 0 Å². The van der Waals surface area contributed by atoms with Gasteiger partial charge in [0.1, 0.15) is 10.5 Å². The molecule has 0 unspecified atom stereocenters. The summed E-state index contributed by atoms with van der Waals surface area (Å²) >= 11 is 11.2. The Morgan fingerprint density at radius 2 is 2.23 bits per heavy atom. The van der Waals surface area contributed by atoms with E-state index in [4.69, 9.17) is 16.7 Å². The number of rotatable bonds is 3. The van der Waals surface area contributed by atoms with Gasteiger partial charge in [0.25, 0.3) is 5.56 Å². The third kappa shape index (κ3) is 2.60. The minimum Gasteiger partial charge on any atom is -0.395 e. The largest absolute Gasteiger partial charge is 0.395 e. The molecule has 0 amide bonds. The van der Waals surface area contributed by atoms with Crippen LogP contribution in [0, 0.1) is 6.92 Å². The third-order valence-corrected chi connectivity index (χ3v) is 5.80. The first-order valence-corrected chi connectivity index (χ1v) is 8.57. The maximum Gasteiger partial charge on any atom is 0.278 e.